The standard InChI is InChI=1S/C33H34N4O5/c1-37-13-3-4-24(20-37)36-33(38)27-7-5-22(17-31(27)39-2)30-18-28-32(42-30)26(9-12-35-28)21-6-8-29(23(16-21)19-34)41-25-10-14-40-15-11-25/h5-9,12,16-18,24-25H,3-4,10-11,13-15,20H2,1-2H3,(H,36,38). The molecule has 2 aromatic heterocycles. The number of amides is 1. The number of piperidine rings is 1. The van der Waals surface area contributed by atoms with E-state index in [2.05, 4.69) is 28.3 Å². The number of rotatable bonds is 7. The van der Waals surface area contributed by atoms with E-state index in [1.807, 2.05) is 42.5 Å². The first-order chi connectivity index (χ1) is 20.5. The number of methoxy groups -OCH3 is 1. The van der Waals surface area contributed by atoms with Crippen molar-refractivity contribution in [2.45, 2.75) is 37.8 Å². The highest BCUT2D eigenvalue weighted by atomic mass is 16.5. The molecule has 1 amide bonds. The maximum Gasteiger partial charge on any atom is 0.255 e. The molecule has 0 aliphatic carbocycles. The molecular weight excluding hydrogens is 532 g/mol. The number of nitrogens with zero attached hydrogens (tertiary/aromatic N) is 3. The van der Waals surface area contributed by atoms with Crippen LogP contribution in [0.15, 0.2) is 59.1 Å². The topological polar surface area (TPSA) is 110 Å². The molecule has 1 unspecified atom stereocenters. The zero-order valence-corrected chi connectivity index (χ0v) is 23.9. The highest BCUT2D eigenvalue weighted by molar-refractivity contribution is 5.98. The number of hydrogen-bond acceptors (Lipinski definition) is 8. The van der Waals surface area contributed by atoms with E-state index in [0.717, 1.165) is 55.5 Å². The Morgan fingerprint density at radius 3 is 2.69 bits per heavy atom. The predicted octanol–water partition coefficient (Wildman–Crippen LogP) is 5.42. The van der Waals surface area contributed by atoms with Crippen molar-refractivity contribution < 1.29 is 23.4 Å². The minimum Gasteiger partial charge on any atom is -0.496 e. The summed E-state index contributed by atoms with van der Waals surface area (Å²) >= 11 is 0. The van der Waals surface area contributed by atoms with Gasteiger partial charge in [0.25, 0.3) is 5.91 Å². The molecule has 9 heteroatoms. The van der Waals surface area contributed by atoms with Crippen LogP contribution < -0.4 is 14.8 Å². The Balaban J connectivity index is 1.27. The quantitative estimate of drug-likeness (QED) is 0.316. The smallest absolute Gasteiger partial charge is 0.255 e. The first-order valence-corrected chi connectivity index (χ1v) is 14.4. The lowest BCUT2D eigenvalue weighted by atomic mass is 10.0. The van der Waals surface area contributed by atoms with Gasteiger partial charge in [-0.3, -0.25) is 9.78 Å². The Morgan fingerprint density at radius 2 is 1.90 bits per heavy atom. The Labute approximate surface area is 245 Å². The molecule has 2 aliphatic heterocycles. The molecule has 1 N–H and O–H groups in total. The Hall–Kier alpha value is -4.39. The largest absolute Gasteiger partial charge is 0.496 e. The SMILES string of the molecule is COc1cc(-c2cc3nccc(-c4ccc(OC5CCOCC5)c(C#N)c4)c3o2)ccc1C(=O)NC1CCCN(C)C1. The molecule has 4 heterocycles. The van der Waals surface area contributed by atoms with Gasteiger partial charge in [-0.15, -0.1) is 0 Å². The number of likely N-dealkylation sites (tertiary alicyclic amines) is 1. The van der Waals surface area contributed by atoms with Crippen LogP contribution in [0.2, 0.25) is 0 Å². The molecule has 6 rings (SSSR count). The maximum absolute atomic E-state index is 13.1. The zero-order valence-electron chi connectivity index (χ0n) is 23.9. The van der Waals surface area contributed by atoms with Crippen LogP contribution in [-0.2, 0) is 4.74 Å². The summed E-state index contributed by atoms with van der Waals surface area (Å²) in [5.74, 6) is 1.50. The van der Waals surface area contributed by atoms with Crippen molar-refractivity contribution in [3.63, 3.8) is 0 Å². The van der Waals surface area contributed by atoms with E-state index in [4.69, 9.17) is 18.6 Å². The number of nitriles is 1. The number of likely N-dealkylation sites (N-methyl/N-ethyl adjacent to an activating group) is 1. The van der Waals surface area contributed by atoms with E-state index < -0.39 is 0 Å². The minimum atomic E-state index is -0.148. The molecule has 0 saturated carbocycles. The molecule has 42 heavy (non-hydrogen) atoms. The van der Waals surface area contributed by atoms with E-state index in [0.29, 0.717) is 52.7 Å². The average molecular weight is 567 g/mol. The van der Waals surface area contributed by atoms with Crippen LogP contribution >= 0.6 is 0 Å². The first kappa shape index (κ1) is 27.8. The van der Waals surface area contributed by atoms with Crippen LogP contribution in [-0.4, -0.2) is 68.4 Å². The van der Waals surface area contributed by atoms with E-state index in [-0.39, 0.29) is 18.1 Å². The molecule has 9 nitrogen and oxygen atoms in total. The van der Waals surface area contributed by atoms with Crippen LogP contribution in [0.5, 0.6) is 11.5 Å². The summed E-state index contributed by atoms with van der Waals surface area (Å²) in [5, 5.41) is 13.0. The van der Waals surface area contributed by atoms with Crippen molar-refractivity contribution in [3.8, 4) is 40.0 Å². The van der Waals surface area contributed by atoms with Gasteiger partial charge in [0.05, 0.1) is 31.5 Å². The molecule has 2 fully saturated rings. The van der Waals surface area contributed by atoms with Crippen molar-refractivity contribution in [1.29, 1.82) is 5.26 Å². The van der Waals surface area contributed by atoms with Gasteiger partial charge in [0.15, 0.2) is 5.58 Å². The van der Waals surface area contributed by atoms with Crippen LogP contribution in [0.1, 0.15) is 41.6 Å². The fraction of sp³-hybridized carbons (Fsp3) is 0.364. The van der Waals surface area contributed by atoms with Crippen LogP contribution in [0, 0.1) is 11.3 Å². The van der Waals surface area contributed by atoms with Crippen LogP contribution in [0.4, 0.5) is 0 Å². The molecule has 2 aliphatic rings. The predicted molar refractivity (Wildman–Crippen MR) is 159 cm³/mol. The third-order valence-electron chi connectivity index (χ3n) is 7.98. The Bertz CT molecular complexity index is 1640. The lowest BCUT2D eigenvalue weighted by Gasteiger charge is -2.30. The van der Waals surface area contributed by atoms with Gasteiger partial charge in [0.1, 0.15) is 34.9 Å². The number of hydrogen-bond donors (Lipinski definition) is 1. The molecule has 4 aromatic rings. The van der Waals surface area contributed by atoms with Gasteiger partial charge in [0, 0.05) is 48.8 Å². The second-order valence-electron chi connectivity index (χ2n) is 10.9. The number of carbonyl (C=O) groups is 1. The normalized spacial score (nSPS) is 18.0. The number of ether oxygens (including phenoxy) is 3. The number of benzene rings is 2. The summed E-state index contributed by atoms with van der Waals surface area (Å²) in [5.41, 5.74) is 4.66. The number of furan rings is 1. The van der Waals surface area contributed by atoms with Crippen molar-refractivity contribution in [3.05, 3.63) is 65.9 Å². The van der Waals surface area contributed by atoms with Gasteiger partial charge in [-0.2, -0.15) is 5.26 Å². The van der Waals surface area contributed by atoms with E-state index >= 15 is 0 Å². The van der Waals surface area contributed by atoms with Gasteiger partial charge in [-0.1, -0.05) is 12.1 Å². The fourth-order valence-electron chi connectivity index (χ4n) is 5.75. The number of aromatic nitrogens is 1. The molecule has 0 radical (unpaired) electrons. The maximum atomic E-state index is 13.1. The molecule has 216 valence electrons. The third kappa shape index (κ3) is 5.82. The Kier molecular flexibility index (Phi) is 8.08. The first-order valence-electron chi connectivity index (χ1n) is 14.4. The van der Waals surface area contributed by atoms with Gasteiger partial charge < -0.3 is 28.8 Å². The number of pyridine rings is 1. The van der Waals surface area contributed by atoms with E-state index in [1.165, 1.54) is 0 Å². The highest BCUT2D eigenvalue weighted by Gasteiger charge is 2.23. The summed E-state index contributed by atoms with van der Waals surface area (Å²) in [6.45, 7) is 3.22. The summed E-state index contributed by atoms with van der Waals surface area (Å²) in [4.78, 5) is 19.8. The van der Waals surface area contributed by atoms with Crippen LogP contribution in [0.25, 0.3) is 33.6 Å². The van der Waals surface area contributed by atoms with E-state index in [1.54, 1.807) is 19.4 Å². The second kappa shape index (κ2) is 12.2. The summed E-state index contributed by atoms with van der Waals surface area (Å²) in [7, 11) is 3.63. The average Bonchev–Trinajstić information content (AvgIpc) is 3.46. The van der Waals surface area contributed by atoms with Gasteiger partial charge in [-0.25, -0.2) is 0 Å². The molecular formula is C33H34N4O5. The van der Waals surface area contributed by atoms with Crippen molar-refractivity contribution in [2.75, 3.05) is 40.5 Å². The molecule has 0 spiro atoms. The summed E-state index contributed by atoms with van der Waals surface area (Å²) < 4.78 is 23.5. The van der Waals surface area contributed by atoms with Crippen molar-refractivity contribution in [1.82, 2.24) is 15.2 Å². The van der Waals surface area contributed by atoms with Crippen molar-refractivity contribution >= 4 is 17.0 Å². The van der Waals surface area contributed by atoms with Gasteiger partial charge >= 0.3 is 0 Å². The summed E-state index contributed by atoms with van der Waals surface area (Å²) in [6, 6.07) is 17.2. The lowest BCUT2D eigenvalue weighted by molar-refractivity contribution is 0.0254. The van der Waals surface area contributed by atoms with E-state index in [9.17, 15) is 10.1 Å². The van der Waals surface area contributed by atoms with Crippen molar-refractivity contribution in [2.24, 2.45) is 0 Å². The van der Waals surface area contributed by atoms with Gasteiger partial charge in [-0.05, 0) is 62.3 Å². The third-order valence-corrected chi connectivity index (χ3v) is 7.98. The summed E-state index contributed by atoms with van der Waals surface area (Å²) in [6.07, 6.45) is 5.41. The lowest BCUT2D eigenvalue weighted by Crippen LogP contribution is -2.46. The molecule has 2 aromatic carbocycles. The second-order valence-corrected chi connectivity index (χ2v) is 10.9. The number of carbonyl (C=O) groups excluding carboxylic acids is 1. The molecule has 2 saturated heterocycles. The highest BCUT2D eigenvalue weighted by Crippen LogP contribution is 2.37. The zero-order chi connectivity index (χ0) is 29.1. The van der Waals surface area contributed by atoms with Gasteiger partial charge in [0.2, 0.25) is 0 Å². The molecule has 0 bridgehead atoms. The Morgan fingerprint density at radius 1 is 1.07 bits per heavy atom. The van der Waals surface area contributed by atoms with Crippen LogP contribution in [0.3, 0.4) is 0 Å². The molecule has 1 atom stereocenters. The minimum absolute atomic E-state index is 0.0420. The fourth-order valence-corrected chi connectivity index (χ4v) is 5.75. The number of fused-ring (bicyclic) bond motifs is 1. The number of nitrogens with one attached hydrogen (secondary N) is 1. The monoisotopic (exact) mass is 566 g/mol.